The molecule has 3 fully saturated rings. The van der Waals surface area contributed by atoms with Gasteiger partial charge in [0, 0.05) is 36.7 Å². The fraction of sp³-hybridized carbons (Fsp3) is 0.684. The fourth-order valence-electron chi connectivity index (χ4n) is 8.56. The van der Waals surface area contributed by atoms with Crippen molar-refractivity contribution in [3.63, 3.8) is 0 Å². The monoisotopic (exact) mass is 709 g/mol. The normalized spacial score (nSPS) is 25.0. The quantitative estimate of drug-likeness (QED) is 0.348. The van der Waals surface area contributed by atoms with Crippen molar-refractivity contribution in [3.05, 3.63) is 41.6 Å². The number of likely N-dealkylation sites (tertiary alicyclic amines) is 1. The average Bonchev–Trinajstić information content (AvgIpc) is 3.01. The molecule has 3 heterocycles. The van der Waals surface area contributed by atoms with Crippen molar-refractivity contribution in [1.29, 1.82) is 0 Å². The molecule has 50 heavy (non-hydrogen) atoms. The number of fused-ring (bicyclic) bond motifs is 4. The van der Waals surface area contributed by atoms with Gasteiger partial charge in [0.05, 0.1) is 16.6 Å². The smallest absolute Gasteiger partial charge is 0.410 e. The molecule has 2 aliphatic carbocycles. The largest absolute Gasteiger partial charge is 0.475 e. The van der Waals surface area contributed by atoms with Crippen LogP contribution in [-0.4, -0.2) is 77.6 Å². The number of amides is 2. The lowest BCUT2D eigenvalue weighted by molar-refractivity contribution is -0.0555. The number of carbonyl (C=O) groups excluding carboxylic acids is 2. The molecule has 0 radical (unpaired) electrons. The van der Waals surface area contributed by atoms with Crippen LogP contribution in [0.15, 0.2) is 35.2 Å². The van der Waals surface area contributed by atoms with Gasteiger partial charge in [0.25, 0.3) is 15.9 Å². The SMILES string of the molecule is CC(C)C[C@@H]1COc2cc(C3CCCCC3(C)C)nc(n2)NS(=O)(=O)c2cccc(c2)C(=O)N1C1CC2(CCN(C(=O)OC(C)(C)C)CC2)C1. The third kappa shape index (κ3) is 7.90. The first-order valence-electron chi connectivity index (χ1n) is 18.4. The molecule has 1 saturated heterocycles. The Morgan fingerprint density at radius 2 is 1.80 bits per heavy atom. The van der Waals surface area contributed by atoms with Crippen LogP contribution >= 0.6 is 0 Å². The fourth-order valence-corrected chi connectivity index (χ4v) is 9.55. The third-order valence-electron chi connectivity index (χ3n) is 11.2. The molecule has 2 saturated carbocycles. The molecule has 6 rings (SSSR count). The molecule has 12 heteroatoms. The average molecular weight is 710 g/mol. The van der Waals surface area contributed by atoms with Crippen LogP contribution in [0.5, 0.6) is 5.88 Å². The molecular formula is C38H55N5O6S. The number of benzene rings is 1. The van der Waals surface area contributed by atoms with Crippen LogP contribution in [0.4, 0.5) is 10.7 Å². The Bertz CT molecular complexity index is 1690. The maximum absolute atomic E-state index is 14.6. The molecule has 1 unspecified atom stereocenters. The number of sulfonamides is 1. The van der Waals surface area contributed by atoms with Gasteiger partial charge in [-0.05, 0) is 101 Å². The van der Waals surface area contributed by atoms with E-state index in [1.807, 2.05) is 31.7 Å². The van der Waals surface area contributed by atoms with Gasteiger partial charge in [-0.1, -0.05) is 46.6 Å². The second-order valence-electron chi connectivity index (χ2n) is 17.2. The van der Waals surface area contributed by atoms with Crippen LogP contribution in [0.3, 0.4) is 0 Å². The second kappa shape index (κ2) is 13.6. The van der Waals surface area contributed by atoms with Crippen molar-refractivity contribution >= 4 is 28.0 Å². The summed E-state index contributed by atoms with van der Waals surface area (Å²) in [4.78, 5) is 40.4. The minimum Gasteiger partial charge on any atom is -0.475 e. The van der Waals surface area contributed by atoms with Gasteiger partial charge in [-0.2, -0.15) is 4.98 Å². The first-order valence-corrected chi connectivity index (χ1v) is 19.9. The van der Waals surface area contributed by atoms with Crippen LogP contribution < -0.4 is 9.46 Å². The molecule has 2 amide bonds. The van der Waals surface area contributed by atoms with E-state index in [0.717, 1.165) is 57.1 Å². The van der Waals surface area contributed by atoms with Crippen molar-refractivity contribution in [2.45, 2.75) is 135 Å². The number of ether oxygens (including phenoxy) is 2. The van der Waals surface area contributed by atoms with Crippen molar-refractivity contribution in [2.75, 3.05) is 24.4 Å². The Balaban J connectivity index is 1.32. The van der Waals surface area contributed by atoms with Crippen molar-refractivity contribution in [1.82, 2.24) is 19.8 Å². The van der Waals surface area contributed by atoms with E-state index in [1.165, 1.54) is 12.1 Å². The van der Waals surface area contributed by atoms with E-state index in [-0.39, 0.29) is 64.2 Å². The molecule has 1 spiro atoms. The number of rotatable bonds is 4. The predicted molar refractivity (Wildman–Crippen MR) is 192 cm³/mol. The summed E-state index contributed by atoms with van der Waals surface area (Å²) in [5.41, 5.74) is 0.568. The Labute approximate surface area is 298 Å². The summed E-state index contributed by atoms with van der Waals surface area (Å²) in [7, 11) is -4.11. The lowest BCUT2D eigenvalue weighted by atomic mass is 9.59. The summed E-state index contributed by atoms with van der Waals surface area (Å²) in [6.45, 7) is 15.9. The maximum Gasteiger partial charge on any atom is 0.410 e. The highest BCUT2D eigenvalue weighted by Gasteiger charge is 2.51. The number of aromatic nitrogens is 2. The topological polar surface area (TPSA) is 131 Å². The minimum absolute atomic E-state index is 0.0100. The second-order valence-corrected chi connectivity index (χ2v) is 18.9. The highest BCUT2D eigenvalue weighted by atomic mass is 32.2. The summed E-state index contributed by atoms with van der Waals surface area (Å²) >= 11 is 0. The van der Waals surface area contributed by atoms with E-state index < -0.39 is 15.6 Å². The van der Waals surface area contributed by atoms with Crippen LogP contribution in [0.2, 0.25) is 0 Å². The Kier molecular flexibility index (Phi) is 9.91. The molecule has 1 N–H and O–H groups in total. The molecule has 11 nitrogen and oxygen atoms in total. The van der Waals surface area contributed by atoms with Gasteiger partial charge < -0.3 is 19.3 Å². The molecule has 274 valence electrons. The van der Waals surface area contributed by atoms with Gasteiger partial charge in [-0.15, -0.1) is 0 Å². The summed E-state index contributed by atoms with van der Waals surface area (Å²) in [6, 6.07) is 7.82. The van der Waals surface area contributed by atoms with Gasteiger partial charge >= 0.3 is 6.09 Å². The van der Waals surface area contributed by atoms with E-state index in [9.17, 15) is 18.0 Å². The van der Waals surface area contributed by atoms with E-state index in [2.05, 4.69) is 37.4 Å². The predicted octanol–water partition coefficient (Wildman–Crippen LogP) is 7.39. The molecule has 2 aliphatic heterocycles. The zero-order chi connectivity index (χ0) is 36.1. The Morgan fingerprint density at radius 1 is 1.08 bits per heavy atom. The summed E-state index contributed by atoms with van der Waals surface area (Å²) in [6.07, 6.45) is 7.99. The van der Waals surface area contributed by atoms with Gasteiger partial charge in [-0.25, -0.2) is 22.9 Å². The zero-order valence-electron chi connectivity index (χ0n) is 30.8. The lowest BCUT2D eigenvalue weighted by Gasteiger charge is -2.56. The minimum atomic E-state index is -4.11. The molecule has 2 atom stereocenters. The molecule has 4 bridgehead atoms. The Morgan fingerprint density at radius 3 is 2.46 bits per heavy atom. The van der Waals surface area contributed by atoms with E-state index in [0.29, 0.717) is 31.0 Å². The van der Waals surface area contributed by atoms with Crippen LogP contribution in [0.1, 0.15) is 128 Å². The third-order valence-corrected chi connectivity index (χ3v) is 12.5. The summed E-state index contributed by atoms with van der Waals surface area (Å²) < 4.78 is 42.2. The zero-order valence-corrected chi connectivity index (χ0v) is 31.6. The Hall–Kier alpha value is -3.41. The molecule has 1 aromatic heterocycles. The standard InChI is InChI=1S/C38H55N5O6S/c1-25(2)19-27-24-48-32-21-31(30-13-8-9-14-37(30,6)7)39-34(40-32)41-50(46,47)29-12-10-11-26(20-29)33(44)43(27)28-22-38(23-28)15-17-42(18-16-38)35(45)49-36(3,4)5/h10-12,20-21,25,27-28,30H,8-9,13-19,22-24H2,1-7H3,(H,39,40,41)/t27-,30?/m1/s1. The van der Waals surface area contributed by atoms with Crippen molar-refractivity contribution in [2.24, 2.45) is 16.7 Å². The molecular weight excluding hydrogens is 655 g/mol. The number of anilines is 1. The highest BCUT2D eigenvalue weighted by Crippen LogP contribution is 2.52. The maximum atomic E-state index is 14.6. The van der Waals surface area contributed by atoms with Crippen LogP contribution in [-0.2, 0) is 14.8 Å². The lowest BCUT2D eigenvalue weighted by Crippen LogP contribution is -2.60. The van der Waals surface area contributed by atoms with Crippen molar-refractivity contribution in [3.8, 4) is 5.88 Å². The number of hydrogen-bond donors (Lipinski definition) is 1. The van der Waals surface area contributed by atoms with E-state index in [1.54, 1.807) is 17.0 Å². The first kappa shape index (κ1) is 36.4. The summed E-state index contributed by atoms with van der Waals surface area (Å²) in [5, 5.41) is 0. The van der Waals surface area contributed by atoms with Gasteiger partial charge in [0.2, 0.25) is 11.8 Å². The van der Waals surface area contributed by atoms with Gasteiger partial charge in [0.1, 0.15) is 12.2 Å². The van der Waals surface area contributed by atoms with Crippen LogP contribution in [0, 0.1) is 16.7 Å². The van der Waals surface area contributed by atoms with Gasteiger partial charge in [-0.3, -0.25) is 4.79 Å². The number of nitrogens with zero attached hydrogens (tertiary/aromatic N) is 4. The summed E-state index contributed by atoms with van der Waals surface area (Å²) in [5.74, 6) is 0.477. The van der Waals surface area contributed by atoms with E-state index in [4.69, 9.17) is 14.5 Å². The van der Waals surface area contributed by atoms with Gasteiger partial charge in [0.15, 0.2) is 0 Å². The van der Waals surface area contributed by atoms with E-state index >= 15 is 0 Å². The molecule has 1 aromatic carbocycles. The highest BCUT2D eigenvalue weighted by molar-refractivity contribution is 7.92. The molecule has 2 aromatic rings. The number of piperidine rings is 1. The van der Waals surface area contributed by atoms with Crippen LogP contribution in [0.25, 0.3) is 0 Å². The number of carbonyl (C=O) groups is 2. The van der Waals surface area contributed by atoms with Crippen molar-refractivity contribution < 1.29 is 27.5 Å². The number of hydrogen-bond acceptors (Lipinski definition) is 8. The first-order chi connectivity index (χ1) is 23.4. The number of nitrogens with one attached hydrogen (secondary N) is 1. The molecule has 4 aliphatic rings.